The Hall–Kier alpha value is 0.160. The first-order chi connectivity index (χ1) is 3.72. The molecule has 0 atom stereocenters. The van der Waals surface area contributed by atoms with Gasteiger partial charge < -0.3 is 4.57 Å². The molecule has 0 amide bonds. The maximum Gasteiger partial charge on any atom is 0.181 e. The normalized spacial score (nSPS) is 8.67. The highest BCUT2D eigenvalue weighted by Gasteiger charge is 1.89. The molecular weight excluding hydrogens is 247 g/mol. The smallest absolute Gasteiger partial charge is 0.181 e. The molecule has 2 nitrogen and oxygen atoms in total. The Kier molecular flexibility index (Phi) is 3.42. The van der Waals surface area contributed by atoms with Crippen molar-refractivity contribution in [3.05, 3.63) is 15.9 Å². The SMILES string of the molecule is Cc1csc(=N)n1C.I. The van der Waals surface area contributed by atoms with E-state index in [1.165, 1.54) is 11.3 Å². The molecule has 0 saturated carbocycles. The van der Waals surface area contributed by atoms with E-state index in [4.69, 9.17) is 5.41 Å². The molecule has 0 saturated heterocycles. The van der Waals surface area contributed by atoms with E-state index in [0.717, 1.165) is 5.69 Å². The second kappa shape index (κ2) is 3.36. The molecule has 9 heavy (non-hydrogen) atoms. The molecule has 1 rings (SSSR count). The molecule has 0 aromatic carbocycles. The summed E-state index contributed by atoms with van der Waals surface area (Å²) in [6.45, 7) is 1.99. The second-order valence-corrected chi connectivity index (χ2v) is 2.60. The zero-order valence-electron chi connectivity index (χ0n) is 5.34. The van der Waals surface area contributed by atoms with Crippen LogP contribution in [-0.4, -0.2) is 4.57 Å². The molecule has 52 valence electrons. The fraction of sp³-hybridized carbons (Fsp3) is 0.400. The monoisotopic (exact) mass is 256 g/mol. The Bertz CT molecular complexity index is 237. The first-order valence-electron chi connectivity index (χ1n) is 2.37. The largest absolute Gasteiger partial charge is 0.325 e. The number of aryl methyl sites for hydroxylation is 1. The number of rotatable bonds is 0. The van der Waals surface area contributed by atoms with Crippen LogP contribution in [0.5, 0.6) is 0 Å². The van der Waals surface area contributed by atoms with E-state index in [0.29, 0.717) is 4.80 Å². The van der Waals surface area contributed by atoms with Crippen molar-refractivity contribution in [3.8, 4) is 0 Å². The van der Waals surface area contributed by atoms with Gasteiger partial charge in [0.25, 0.3) is 0 Å². The number of halogens is 1. The Balaban J connectivity index is 0.000000640. The van der Waals surface area contributed by atoms with Crippen LogP contribution in [-0.2, 0) is 7.05 Å². The highest BCUT2D eigenvalue weighted by atomic mass is 127. The van der Waals surface area contributed by atoms with E-state index in [1.54, 1.807) is 0 Å². The lowest BCUT2D eigenvalue weighted by molar-refractivity contribution is 0.821. The number of nitrogens with one attached hydrogen (secondary N) is 1. The van der Waals surface area contributed by atoms with Crippen molar-refractivity contribution in [2.45, 2.75) is 6.92 Å². The lowest BCUT2D eigenvalue weighted by atomic mass is 10.6. The van der Waals surface area contributed by atoms with Gasteiger partial charge in [0.05, 0.1) is 0 Å². The van der Waals surface area contributed by atoms with Crippen molar-refractivity contribution < 1.29 is 0 Å². The standard InChI is InChI=1S/C5H8N2S.HI/c1-4-3-8-5(6)7(4)2;/h3,6H,1-2H3;1H. The summed E-state index contributed by atoms with van der Waals surface area (Å²) in [5.41, 5.74) is 1.15. The first-order valence-corrected chi connectivity index (χ1v) is 3.25. The summed E-state index contributed by atoms with van der Waals surface area (Å²) in [7, 11) is 1.90. The number of hydrogen-bond acceptors (Lipinski definition) is 2. The highest BCUT2D eigenvalue weighted by Crippen LogP contribution is 1.94. The number of aromatic nitrogens is 1. The van der Waals surface area contributed by atoms with Crippen LogP contribution in [0.2, 0.25) is 0 Å². The van der Waals surface area contributed by atoms with Crippen molar-refractivity contribution in [2.24, 2.45) is 7.05 Å². The Morgan fingerprint density at radius 2 is 2.22 bits per heavy atom. The zero-order valence-corrected chi connectivity index (χ0v) is 8.49. The topological polar surface area (TPSA) is 28.8 Å². The van der Waals surface area contributed by atoms with Crippen molar-refractivity contribution in [3.63, 3.8) is 0 Å². The van der Waals surface area contributed by atoms with Crippen LogP contribution < -0.4 is 4.80 Å². The van der Waals surface area contributed by atoms with Gasteiger partial charge in [0.1, 0.15) is 0 Å². The third kappa shape index (κ3) is 1.79. The fourth-order valence-corrected chi connectivity index (χ4v) is 1.20. The van der Waals surface area contributed by atoms with Crippen LogP contribution >= 0.6 is 35.3 Å². The van der Waals surface area contributed by atoms with Crippen LogP contribution in [0.4, 0.5) is 0 Å². The van der Waals surface area contributed by atoms with Gasteiger partial charge in [-0.15, -0.1) is 35.3 Å². The summed E-state index contributed by atoms with van der Waals surface area (Å²) in [5.74, 6) is 0. The summed E-state index contributed by atoms with van der Waals surface area (Å²) < 4.78 is 1.85. The van der Waals surface area contributed by atoms with Gasteiger partial charge in [-0.05, 0) is 6.92 Å². The van der Waals surface area contributed by atoms with Crippen LogP contribution in [0.1, 0.15) is 5.69 Å². The van der Waals surface area contributed by atoms with Gasteiger partial charge in [-0.25, -0.2) is 0 Å². The molecule has 1 N–H and O–H groups in total. The van der Waals surface area contributed by atoms with E-state index >= 15 is 0 Å². The summed E-state index contributed by atoms with van der Waals surface area (Å²) in [5, 5.41) is 9.20. The summed E-state index contributed by atoms with van der Waals surface area (Å²) in [6.07, 6.45) is 0. The molecule has 0 aliphatic heterocycles. The molecule has 4 heteroatoms. The fourth-order valence-electron chi connectivity index (χ4n) is 0.459. The Morgan fingerprint density at radius 3 is 2.33 bits per heavy atom. The minimum absolute atomic E-state index is 0. The lowest BCUT2D eigenvalue weighted by Crippen LogP contribution is -2.08. The zero-order chi connectivity index (χ0) is 6.15. The summed E-state index contributed by atoms with van der Waals surface area (Å²) >= 11 is 1.46. The molecule has 0 unspecified atom stereocenters. The van der Waals surface area contributed by atoms with Gasteiger partial charge in [0, 0.05) is 18.1 Å². The molecule has 0 aliphatic carbocycles. The Labute approximate surface area is 75.1 Å². The molecule has 0 aliphatic rings. The van der Waals surface area contributed by atoms with Gasteiger partial charge in [0.15, 0.2) is 4.80 Å². The molecule has 0 radical (unpaired) electrons. The van der Waals surface area contributed by atoms with Gasteiger partial charge in [-0.1, -0.05) is 0 Å². The van der Waals surface area contributed by atoms with Crippen molar-refractivity contribution in [2.75, 3.05) is 0 Å². The number of nitrogens with zero attached hydrogens (tertiary/aromatic N) is 1. The van der Waals surface area contributed by atoms with Crippen LogP contribution in [0, 0.1) is 12.3 Å². The Morgan fingerprint density at radius 1 is 1.67 bits per heavy atom. The molecule has 1 heterocycles. The van der Waals surface area contributed by atoms with Gasteiger partial charge in [-0.3, -0.25) is 5.41 Å². The number of hydrogen-bond donors (Lipinski definition) is 1. The van der Waals surface area contributed by atoms with Crippen molar-refractivity contribution >= 4 is 35.3 Å². The minimum atomic E-state index is 0. The van der Waals surface area contributed by atoms with Crippen molar-refractivity contribution in [1.82, 2.24) is 4.57 Å². The molecule has 1 aromatic heterocycles. The molecule has 0 bridgehead atoms. The lowest BCUT2D eigenvalue weighted by Gasteiger charge is -1.89. The quantitative estimate of drug-likeness (QED) is 0.681. The van der Waals surface area contributed by atoms with Gasteiger partial charge in [-0.2, -0.15) is 0 Å². The van der Waals surface area contributed by atoms with Gasteiger partial charge >= 0.3 is 0 Å². The first kappa shape index (κ1) is 9.16. The summed E-state index contributed by atoms with van der Waals surface area (Å²) in [6, 6.07) is 0. The highest BCUT2D eigenvalue weighted by molar-refractivity contribution is 14.0. The maximum atomic E-state index is 7.22. The molecule has 1 aromatic rings. The van der Waals surface area contributed by atoms with E-state index < -0.39 is 0 Å². The second-order valence-electron chi connectivity index (χ2n) is 1.74. The predicted octanol–water partition coefficient (Wildman–Crippen LogP) is 1.49. The van der Waals surface area contributed by atoms with Crippen LogP contribution in [0.15, 0.2) is 5.38 Å². The van der Waals surface area contributed by atoms with Crippen LogP contribution in [0.3, 0.4) is 0 Å². The van der Waals surface area contributed by atoms with Gasteiger partial charge in [0.2, 0.25) is 0 Å². The summed E-state index contributed by atoms with van der Waals surface area (Å²) in [4.78, 5) is 0.613. The van der Waals surface area contributed by atoms with E-state index in [9.17, 15) is 0 Å². The third-order valence-corrected chi connectivity index (χ3v) is 2.13. The predicted molar refractivity (Wildman–Crippen MR) is 49.3 cm³/mol. The average molecular weight is 256 g/mol. The molecule has 0 spiro atoms. The minimum Gasteiger partial charge on any atom is -0.325 e. The van der Waals surface area contributed by atoms with E-state index in [1.807, 2.05) is 23.9 Å². The number of thiazole rings is 1. The third-order valence-electron chi connectivity index (χ3n) is 1.17. The maximum absolute atomic E-state index is 7.22. The van der Waals surface area contributed by atoms with Crippen molar-refractivity contribution in [1.29, 1.82) is 5.41 Å². The average Bonchev–Trinajstić information content (AvgIpc) is 1.98. The molecular formula is C5H9IN2S. The van der Waals surface area contributed by atoms with E-state index in [2.05, 4.69) is 0 Å². The van der Waals surface area contributed by atoms with Crippen LogP contribution in [0.25, 0.3) is 0 Å². The van der Waals surface area contributed by atoms with E-state index in [-0.39, 0.29) is 24.0 Å². The molecule has 0 fully saturated rings.